The lowest BCUT2D eigenvalue weighted by Gasteiger charge is -2.08. The van der Waals surface area contributed by atoms with Gasteiger partial charge in [-0.25, -0.2) is 4.98 Å². The Morgan fingerprint density at radius 2 is 2.19 bits per heavy atom. The molecule has 0 atom stereocenters. The molecule has 0 unspecified atom stereocenters. The van der Waals surface area contributed by atoms with Crippen LogP contribution in [0.4, 0.5) is 5.95 Å². The first-order valence-electron chi connectivity index (χ1n) is 5.02. The molecule has 0 aliphatic heterocycles. The van der Waals surface area contributed by atoms with Gasteiger partial charge in [0.25, 0.3) is 0 Å². The maximum atomic E-state index is 5.50. The number of anilines is 1. The van der Waals surface area contributed by atoms with Crippen molar-refractivity contribution < 1.29 is 4.74 Å². The second-order valence-corrected chi connectivity index (χ2v) is 4.11. The van der Waals surface area contributed by atoms with Crippen molar-refractivity contribution in [3.8, 4) is 5.88 Å². The van der Waals surface area contributed by atoms with Gasteiger partial charge in [-0.1, -0.05) is 15.9 Å². The number of aromatic nitrogens is 2. The molecule has 84 valence electrons. The predicted molar refractivity (Wildman–Crippen MR) is 68.0 cm³/mol. The monoisotopic (exact) mass is 281 g/mol. The Balaban J connectivity index is 2.66. The molecule has 0 radical (unpaired) electrons. The van der Waals surface area contributed by atoms with E-state index in [2.05, 4.69) is 31.2 Å². The van der Waals surface area contributed by atoms with Crippen LogP contribution in [-0.2, 0) is 0 Å². The third kappa shape index (κ3) is 2.09. The first-order valence-corrected chi connectivity index (χ1v) is 5.81. The molecule has 0 saturated carbocycles. The van der Waals surface area contributed by atoms with Gasteiger partial charge in [0.1, 0.15) is 0 Å². The van der Waals surface area contributed by atoms with Crippen LogP contribution in [0.3, 0.4) is 0 Å². The Labute approximate surface area is 102 Å². The molecule has 0 fully saturated rings. The zero-order chi connectivity index (χ0) is 11.5. The molecule has 1 heterocycles. The van der Waals surface area contributed by atoms with E-state index in [4.69, 9.17) is 4.74 Å². The van der Waals surface area contributed by atoms with Crippen molar-refractivity contribution >= 4 is 32.8 Å². The molecule has 0 amide bonds. The van der Waals surface area contributed by atoms with Crippen LogP contribution in [0.5, 0.6) is 5.88 Å². The van der Waals surface area contributed by atoms with Crippen LogP contribution >= 0.6 is 15.9 Å². The summed E-state index contributed by atoms with van der Waals surface area (Å²) in [7, 11) is 1.79. The molecule has 0 saturated heterocycles. The summed E-state index contributed by atoms with van der Waals surface area (Å²) < 4.78 is 6.49. The Bertz CT molecular complexity index is 516. The lowest BCUT2D eigenvalue weighted by atomic mass is 10.2. The van der Waals surface area contributed by atoms with Gasteiger partial charge in [0.2, 0.25) is 11.8 Å². The van der Waals surface area contributed by atoms with Gasteiger partial charge in [-0.15, -0.1) is 0 Å². The molecule has 0 spiro atoms. The summed E-state index contributed by atoms with van der Waals surface area (Å²) in [6, 6.07) is 5.84. The molecule has 2 rings (SSSR count). The van der Waals surface area contributed by atoms with Crippen LogP contribution in [0, 0.1) is 0 Å². The number of nitrogens with zero attached hydrogens (tertiary/aromatic N) is 2. The van der Waals surface area contributed by atoms with Crippen LogP contribution in [0.25, 0.3) is 10.9 Å². The highest BCUT2D eigenvalue weighted by molar-refractivity contribution is 9.10. The molecule has 1 aromatic carbocycles. The minimum Gasteiger partial charge on any atom is -0.477 e. The molecule has 1 N–H and O–H groups in total. The van der Waals surface area contributed by atoms with Crippen molar-refractivity contribution in [1.82, 2.24) is 9.97 Å². The fourth-order valence-corrected chi connectivity index (χ4v) is 1.79. The average molecular weight is 282 g/mol. The van der Waals surface area contributed by atoms with Crippen LogP contribution < -0.4 is 10.1 Å². The molecule has 5 heteroatoms. The van der Waals surface area contributed by atoms with Crippen molar-refractivity contribution in [3.05, 3.63) is 22.7 Å². The maximum absolute atomic E-state index is 5.50. The Kier molecular flexibility index (Phi) is 3.24. The summed E-state index contributed by atoms with van der Waals surface area (Å²) in [6.45, 7) is 2.52. The van der Waals surface area contributed by atoms with Crippen molar-refractivity contribution in [2.45, 2.75) is 6.92 Å². The van der Waals surface area contributed by atoms with Gasteiger partial charge in [-0.2, -0.15) is 4.98 Å². The summed E-state index contributed by atoms with van der Waals surface area (Å²) in [5.74, 6) is 1.18. The van der Waals surface area contributed by atoms with Crippen LogP contribution in [0.2, 0.25) is 0 Å². The van der Waals surface area contributed by atoms with Crippen molar-refractivity contribution in [1.29, 1.82) is 0 Å². The molecule has 4 nitrogen and oxygen atoms in total. The number of hydrogen-bond donors (Lipinski definition) is 1. The number of ether oxygens (including phenoxy) is 1. The second-order valence-electron chi connectivity index (χ2n) is 3.20. The highest BCUT2D eigenvalue weighted by Crippen LogP contribution is 2.26. The number of fused-ring (bicyclic) bond motifs is 1. The van der Waals surface area contributed by atoms with Gasteiger partial charge in [0.05, 0.1) is 17.5 Å². The van der Waals surface area contributed by atoms with Crippen LogP contribution in [0.15, 0.2) is 22.7 Å². The van der Waals surface area contributed by atoms with Crippen molar-refractivity contribution in [2.75, 3.05) is 19.0 Å². The highest BCUT2D eigenvalue weighted by atomic mass is 79.9. The fraction of sp³-hybridized carbons (Fsp3) is 0.273. The molecule has 0 aliphatic rings. The summed E-state index contributed by atoms with van der Waals surface area (Å²) >= 11 is 3.43. The van der Waals surface area contributed by atoms with Crippen LogP contribution in [0.1, 0.15) is 6.92 Å². The number of hydrogen-bond acceptors (Lipinski definition) is 4. The van der Waals surface area contributed by atoms with E-state index >= 15 is 0 Å². The number of halogens is 1. The third-order valence-corrected chi connectivity index (χ3v) is 2.62. The van der Waals surface area contributed by atoms with E-state index < -0.39 is 0 Å². The Morgan fingerprint density at radius 3 is 2.88 bits per heavy atom. The van der Waals surface area contributed by atoms with E-state index in [9.17, 15) is 0 Å². The first kappa shape index (κ1) is 11.1. The smallest absolute Gasteiger partial charge is 0.226 e. The lowest BCUT2D eigenvalue weighted by molar-refractivity contribution is 0.331. The minimum absolute atomic E-state index is 0.568. The van der Waals surface area contributed by atoms with E-state index in [0.29, 0.717) is 18.4 Å². The van der Waals surface area contributed by atoms with Crippen molar-refractivity contribution in [2.24, 2.45) is 0 Å². The Morgan fingerprint density at radius 1 is 1.38 bits per heavy atom. The molecule has 1 aromatic heterocycles. The molecular formula is C11H12BrN3O. The molecule has 16 heavy (non-hydrogen) atoms. The number of rotatable bonds is 3. The SMILES string of the molecule is CCOc1nc(NC)nc2ccc(Br)cc12. The van der Waals surface area contributed by atoms with Gasteiger partial charge in [-0.05, 0) is 25.1 Å². The zero-order valence-corrected chi connectivity index (χ0v) is 10.7. The number of nitrogens with one attached hydrogen (secondary N) is 1. The van der Waals surface area contributed by atoms with E-state index in [1.165, 1.54) is 0 Å². The average Bonchev–Trinajstić information content (AvgIpc) is 2.30. The standard InChI is InChI=1S/C11H12BrN3O/c1-3-16-10-8-6-7(12)4-5-9(8)14-11(13-2)15-10/h4-6H,3H2,1-2H3,(H,13,14,15). The Hall–Kier alpha value is -1.36. The largest absolute Gasteiger partial charge is 0.477 e. The lowest BCUT2D eigenvalue weighted by Crippen LogP contribution is -2.01. The quantitative estimate of drug-likeness (QED) is 0.940. The van der Waals surface area contributed by atoms with Gasteiger partial charge >= 0.3 is 0 Å². The summed E-state index contributed by atoms with van der Waals surface area (Å²) in [5, 5.41) is 3.83. The predicted octanol–water partition coefficient (Wildman–Crippen LogP) is 2.83. The van der Waals surface area contributed by atoms with E-state index in [1.807, 2.05) is 25.1 Å². The van der Waals surface area contributed by atoms with Crippen LogP contribution in [-0.4, -0.2) is 23.6 Å². The van der Waals surface area contributed by atoms with E-state index in [0.717, 1.165) is 15.4 Å². The van der Waals surface area contributed by atoms with Gasteiger partial charge in [0, 0.05) is 11.5 Å². The maximum Gasteiger partial charge on any atom is 0.226 e. The van der Waals surface area contributed by atoms with Crippen molar-refractivity contribution in [3.63, 3.8) is 0 Å². The zero-order valence-electron chi connectivity index (χ0n) is 9.12. The number of benzene rings is 1. The second kappa shape index (κ2) is 4.65. The van der Waals surface area contributed by atoms with Gasteiger partial charge in [-0.3, -0.25) is 0 Å². The molecule has 0 aliphatic carbocycles. The fourth-order valence-electron chi connectivity index (χ4n) is 1.43. The molecular weight excluding hydrogens is 270 g/mol. The summed E-state index contributed by atoms with van der Waals surface area (Å²) in [4.78, 5) is 8.64. The van der Waals surface area contributed by atoms with Gasteiger partial charge < -0.3 is 10.1 Å². The van der Waals surface area contributed by atoms with Gasteiger partial charge in [0.15, 0.2) is 0 Å². The summed E-state index contributed by atoms with van der Waals surface area (Å²) in [5.41, 5.74) is 0.867. The highest BCUT2D eigenvalue weighted by Gasteiger charge is 2.08. The summed E-state index contributed by atoms with van der Waals surface area (Å²) in [6.07, 6.45) is 0. The first-order chi connectivity index (χ1) is 7.74. The molecule has 0 bridgehead atoms. The van der Waals surface area contributed by atoms with E-state index in [1.54, 1.807) is 7.05 Å². The normalized spacial score (nSPS) is 10.4. The topological polar surface area (TPSA) is 47.0 Å². The minimum atomic E-state index is 0.568. The van der Waals surface area contributed by atoms with E-state index in [-0.39, 0.29) is 0 Å². The third-order valence-electron chi connectivity index (χ3n) is 2.13. The molecule has 2 aromatic rings.